The molecule has 0 radical (unpaired) electrons. The number of aliphatic hydroxyl groups excluding tert-OH is 1. The highest BCUT2D eigenvalue weighted by Crippen LogP contribution is 2.36. The van der Waals surface area contributed by atoms with Crippen LogP contribution in [0.15, 0.2) is 24.3 Å². The maximum absolute atomic E-state index is 12.2. The number of hydrogen-bond donors (Lipinski definition) is 1. The van der Waals surface area contributed by atoms with E-state index in [1.54, 1.807) is 6.92 Å². The van der Waals surface area contributed by atoms with Crippen LogP contribution in [0, 0.1) is 17.8 Å². The molecule has 1 N–H and O–H groups in total. The van der Waals surface area contributed by atoms with Crippen LogP contribution in [-0.2, 0) is 19.1 Å². The van der Waals surface area contributed by atoms with Gasteiger partial charge in [-0.1, -0.05) is 51.7 Å². The van der Waals surface area contributed by atoms with Gasteiger partial charge in [0.15, 0.2) is 0 Å². The van der Waals surface area contributed by atoms with Crippen molar-refractivity contribution in [3.8, 4) is 0 Å². The fourth-order valence-corrected chi connectivity index (χ4v) is 3.85. The molecule has 0 aromatic rings. The van der Waals surface area contributed by atoms with Gasteiger partial charge in [-0.05, 0) is 31.6 Å². The first-order valence-electron chi connectivity index (χ1n) is 10.9. The highest BCUT2D eigenvalue weighted by molar-refractivity contribution is 5.88. The molecule has 0 aromatic carbocycles. The first kappa shape index (κ1) is 27.2. The van der Waals surface area contributed by atoms with Gasteiger partial charge < -0.3 is 14.6 Å². The highest BCUT2D eigenvalue weighted by Gasteiger charge is 2.28. The van der Waals surface area contributed by atoms with Gasteiger partial charge in [0.05, 0.1) is 25.4 Å². The zero-order valence-corrected chi connectivity index (χ0v) is 18.3. The van der Waals surface area contributed by atoms with E-state index in [9.17, 15) is 22.8 Å². The minimum atomic E-state index is -4.08. The Labute approximate surface area is 182 Å². The quantitative estimate of drug-likeness (QED) is 0.240. The van der Waals surface area contributed by atoms with Crippen molar-refractivity contribution >= 4 is 11.9 Å². The van der Waals surface area contributed by atoms with Crippen molar-refractivity contribution in [1.29, 1.82) is 0 Å². The van der Waals surface area contributed by atoms with Crippen LogP contribution in [-0.4, -0.2) is 43.0 Å². The third kappa shape index (κ3) is 12.0. The fraction of sp³-hybridized carbons (Fsp3) is 0.739. The molecule has 0 saturated heterocycles. The summed E-state index contributed by atoms with van der Waals surface area (Å²) in [5.74, 6) is -0.540. The Morgan fingerprint density at radius 2 is 1.55 bits per heavy atom. The summed E-state index contributed by atoms with van der Waals surface area (Å²) in [6.45, 7) is 8.20. The number of ether oxygens (including phenoxy) is 2. The lowest BCUT2D eigenvalue weighted by Crippen LogP contribution is -2.26. The molecule has 0 spiro atoms. The van der Waals surface area contributed by atoms with E-state index in [1.165, 1.54) is 0 Å². The van der Waals surface area contributed by atoms with Crippen LogP contribution in [0.3, 0.4) is 0 Å². The number of hydrogen-bond acceptors (Lipinski definition) is 5. The molecule has 0 amide bonds. The van der Waals surface area contributed by atoms with Gasteiger partial charge >= 0.3 is 18.1 Å². The van der Waals surface area contributed by atoms with Crippen LogP contribution >= 0.6 is 0 Å². The van der Waals surface area contributed by atoms with E-state index in [4.69, 9.17) is 14.6 Å². The van der Waals surface area contributed by atoms with E-state index in [2.05, 4.69) is 13.2 Å². The molecule has 1 fully saturated rings. The Morgan fingerprint density at radius 1 is 1.00 bits per heavy atom. The smallest absolute Gasteiger partial charge is 0.389 e. The van der Waals surface area contributed by atoms with E-state index < -0.39 is 31.1 Å². The lowest BCUT2D eigenvalue weighted by molar-refractivity contribution is -0.145. The van der Waals surface area contributed by atoms with Crippen molar-refractivity contribution in [2.75, 3.05) is 19.8 Å². The van der Waals surface area contributed by atoms with Crippen LogP contribution in [0.5, 0.6) is 0 Å². The Morgan fingerprint density at radius 3 is 2.06 bits per heavy atom. The van der Waals surface area contributed by atoms with Gasteiger partial charge in [0, 0.05) is 17.9 Å². The third-order valence-corrected chi connectivity index (χ3v) is 5.68. The van der Waals surface area contributed by atoms with Gasteiger partial charge in [-0.2, -0.15) is 13.2 Å². The molecule has 0 heterocycles. The average Bonchev–Trinajstić information content (AvgIpc) is 2.72. The first-order chi connectivity index (χ1) is 14.5. The number of unbranched alkanes of at least 4 members (excludes halogenated alkanes) is 1. The van der Waals surface area contributed by atoms with Crippen LogP contribution < -0.4 is 0 Å². The van der Waals surface area contributed by atoms with Gasteiger partial charge in [0.25, 0.3) is 0 Å². The zero-order chi connectivity index (χ0) is 23.4. The van der Waals surface area contributed by atoms with Crippen molar-refractivity contribution in [1.82, 2.24) is 0 Å². The zero-order valence-electron chi connectivity index (χ0n) is 18.3. The number of halogens is 3. The Bertz CT molecular complexity index is 607. The molecule has 1 aliphatic rings. The predicted molar refractivity (Wildman–Crippen MR) is 111 cm³/mol. The molecule has 5 nitrogen and oxygen atoms in total. The van der Waals surface area contributed by atoms with Gasteiger partial charge in [0.1, 0.15) is 0 Å². The van der Waals surface area contributed by atoms with Crippen molar-refractivity contribution in [2.24, 2.45) is 17.8 Å². The molecule has 178 valence electrons. The molecule has 1 unspecified atom stereocenters. The molecule has 1 saturated carbocycles. The largest absolute Gasteiger partial charge is 0.462 e. The van der Waals surface area contributed by atoms with E-state index in [1.807, 2.05) is 0 Å². The summed E-state index contributed by atoms with van der Waals surface area (Å²) in [5.41, 5.74) is 0.249. The van der Waals surface area contributed by atoms with E-state index >= 15 is 0 Å². The van der Waals surface area contributed by atoms with Crippen LogP contribution in [0.1, 0.15) is 64.7 Å². The number of rotatable bonds is 13. The summed E-state index contributed by atoms with van der Waals surface area (Å²) in [7, 11) is 0. The molecule has 1 atom stereocenters. The van der Waals surface area contributed by atoms with Crippen LogP contribution in [0.4, 0.5) is 13.2 Å². The van der Waals surface area contributed by atoms with Crippen LogP contribution in [0.2, 0.25) is 0 Å². The second-order valence-electron chi connectivity index (χ2n) is 8.59. The summed E-state index contributed by atoms with van der Waals surface area (Å²) in [4.78, 5) is 23.5. The Kier molecular flexibility index (Phi) is 11.9. The van der Waals surface area contributed by atoms with Gasteiger partial charge in [-0.15, -0.1) is 0 Å². The van der Waals surface area contributed by atoms with E-state index in [-0.39, 0.29) is 36.7 Å². The molecule has 8 heteroatoms. The van der Waals surface area contributed by atoms with Crippen LogP contribution in [0.25, 0.3) is 0 Å². The Balaban J connectivity index is 2.45. The average molecular weight is 449 g/mol. The summed E-state index contributed by atoms with van der Waals surface area (Å²) < 4.78 is 47.2. The van der Waals surface area contributed by atoms with Gasteiger partial charge in [-0.25, -0.2) is 9.59 Å². The van der Waals surface area contributed by atoms with Crippen molar-refractivity contribution < 1.29 is 37.3 Å². The lowest BCUT2D eigenvalue weighted by Gasteiger charge is -2.31. The minimum absolute atomic E-state index is 0.0382. The van der Waals surface area contributed by atoms with Crippen molar-refractivity contribution in [2.45, 2.75) is 70.9 Å². The summed E-state index contributed by atoms with van der Waals surface area (Å²) in [5, 5.41) is 8.98. The molecule has 1 aliphatic carbocycles. The highest BCUT2D eigenvalue weighted by atomic mass is 19.4. The summed E-state index contributed by atoms with van der Waals surface area (Å²) in [6.07, 6.45) is 1.36. The predicted octanol–water partition coefficient (Wildman–Crippen LogP) is 5.13. The summed E-state index contributed by atoms with van der Waals surface area (Å²) >= 11 is 0. The molecule has 1 rings (SSSR count). The molecule has 0 aromatic heterocycles. The van der Waals surface area contributed by atoms with E-state index in [0.29, 0.717) is 24.7 Å². The number of esters is 2. The molecular weight excluding hydrogens is 413 g/mol. The maximum Gasteiger partial charge on any atom is 0.389 e. The molecule has 0 aliphatic heterocycles. The molecule has 0 bridgehead atoms. The topological polar surface area (TPSA) is 72.8 Å². The monoisotopic (exact) mass is 448 g/mol. The normalized spacial score (nSPS) is 20.0. The lowest BCUT2D eigenvalue weighted by atomic mass is 9.76. The first-order valence-corrected chi connectivity index (χ1v) is 10.9. The van der Waals surface area contributed by atoms with Crippen molar-refractivity contribution in [3.63, 3.8) is 0 Å². The fourth-order valence-electron chi connectivity index (χ4n) is 3.85. The number of carbonyl (C=O) groups is 2. The number of aliphatic hydroxyl groups is 1. The van der Waals surface area contributed by atoms with Gasteiger partial charge in [0.2, 0.25) is 0 Å². The third-order valence-electron chi connectivity index (χ3n) is 5.68. The Hall–Kier alpha value is -1.83. The molecular formula is C23H35F3O5. The number of alkyl halides is 3. The summed E-state index contributed by atoms with van der Waals surface area (Å²) in [6, 6.07) is 0. The maximum atomic E-state index is 12.2. The molecule has 31 heavy (non-hydrogen) atoms. The standard InChI is InChI=1S/C23H35F3O5/c1-16(2)21(28)30-14-20(15-31-22(29)17(3)13-27)12-19-9-7-18(8-10-19)6-4-5-11-23(24,25)26/h18-20,27H,1,3-15H2,2H3. The number of carbonyl (C=O) groups excluding carboxylic acids is 2. The SMILES string of the molecule is C=C(C)C(=O)OCC(COC(=O)C(=C)CO)CC1CCC(CCCCC(F)(F)F)CC1. The second kappa shape index (κ2) is 13.6. The van der Waals surface area contributed by atoms with Gasteiger partial charge in [-0.3, -0.25) is 0 Å². The second-order valence-corrected chi connectivity index (χ2v) is 8.59. The minimum Gasteiger partial charge on any atom is -0.462 e. The van der Waals surface area contributed by atoms with E-state index in [0.717, 1.165) is 32.1 Å². The van der Waals surface area contributed by atoms with Crippen molar-refractivity contribution in [3.05, 3.63) is 24.3 Å².